The minimum Gasteiger partial charge on any atom is -0.350 e. The maximum absolute atomic E-state index is 13.5. The first-order valence-electron chi connectivity index (χ1n) is 14.3. The molecule has 3 aromatic carbocycles. The summed E-state index contributed by atoms with van der Waals surface area (Å²) in [6.07, 6.45) is 3.56. The number of carbonyl (C=O) groups is 1. The van der Waals surface area contributed by atoms with Crippen molar-refractivity contribution in [1.82, 2.24) is 29.3 Å². The highest BCUT2D eigenvalue weighted by Gasteiger charge is 2.34. The number of para-hydroxylation sites is 2. The minimum absolute atomic E-state index is 0.00307. The predicted octanol–water partition coefficient (Wildman–Crippen LogP) is 5.64. The van der Waals surface area contributed by atoms with E-state index in [1.807, 2.05) is 70.1 Å². The molecule has 3 heterocycles. The van der Waals surface area contributed by atoms with Gasteiger partial charge < -0.3 is 15.5 Å². The van der Waals surface area contributed by atoms with E-state index in [-0.39, 0.29) is 18.1 Å². The molecule has 0 aliphatic carbocycles. The number of imidazole rings is 1. The molecule has 0 unspecified atom stereocenters. The van der Waals surface area contributed by atoms with Crippen LogP contribution < -0.4 is 10.6 Å². The Bertz CT molecular complexity index is 1660. The molecule has 5 aromatic rings. The number of benzene rings is 3. The van der Waals surface area contributed by atoms with E-state index >= 15 is 0 Å². The van der Waals surface area contributed by atoms with Crippen LogP contribution in [-0.4, -0.2) is 73.6 Å². The van der Waals surface area contributed by atoms with Gasteiger partial charge in [0.05, 0.1) is 16.7 Å². The molecule has 6 rings (SSSR count). The fraction of sp³-hybridized carbons (Fsp3) is 0.312. The maximum atomic E-state index is 13.5. The molecule has 9 nitrogen and oxygen atoms in total. The predicted molar refractivity (Wildman–Crippen MR) is 164 cm³/mol. The first-order valence-corrected chi connectivity index (χ1v) is 14.3. The van der Waals surface area contributed by atoms with E-state index in [0.717, 1.165) is 46.4 Å². The summed E-state index contributed by atoms with van der Waals surface area (Å²) < 4.78 is 1.97. The summed E-state index contributed by atoms with van der Waals surface area (Å²) in [6.45, 7) is 9.65. The first-order chi connectivity index (χ1) is 20.0. The highest BCUT2D eigenvalue weighted by atomic mass is 16.2. The monoisotopic (exact) mass is 548 g/mol. The van der Waals surface area contributed by atoms with Crippen LogP contribution in [0, 0.1) is 5.92 Å². The summed E-state index contributed by atoms with van der Waals surface area (Å²) in [5.74, 6) is 1.81. The highest BCUT2D eigenvalue weighted by molar-refractivity contribution is 6.01. The number of amides is 2. The van der Waals surface area contributed by atoms with Crippen LogP contribution in [0.3, 0.4) is 0 Å². The summed E-state index contributed by atoms with van der Waals surface area (Å²) in [7, 11) is 0. The topological polar surface area (TPSA) is 91.2 Å². The van der Waals surface area contributed by atoms with E-state index in [1.54, 1.807) is 12.5 Å². The van der Waals surface area contributed by atoms with Gasteiger partial charge in [-0.3, -0.25) is 9.47 Å². The average molecular weight is 549 g/mol. The van der Waals surface area contributed by atoms with Crippen LogP contribution in [0.2, 0.25) is 0 Å². The van der Waals surface area contributed by atoms with Gasteiger partial charge in [0.25, 0.3) is 0 Å². The third-order valence-corrected chi connectivity index (χ3v) is 7.73. The molecular formula is C32H36N8O. The number of hydrogen-bond donors (Lipinski definition) is 2. The third kappa shape index (κ3) is 5.71. The van der Waals surface area contributed by atoms with Crippen molar-refractivity contribution in [2.24, 2.45) is 5.92 Å². The normalized spacial score (nSPS) is 16.8. The van der Waals surface area contributed by atoms with E-state index < -0.39 is 0 Å². The quantitative estimate of drug-likeness (QED) is 0.273. The number of hydrogen-bond acceptors (Lipinski definition) is 6. The lowest BCUT2D eigenvalue weighted by Crippen LogP contribution is -2.60. The Morgan fingerprint density at radius 1 is 0.951 bits per heavy atom. The van der Waals surface area contributed by atoms with E-state index in [4.69, 9.17) is 4.98 Å². The molecule has 2 aromatic heterocycles. The Morgan fingerprint density at radius 2 is 1.76 bits per heavy atom. The molecule has 1 aliphatic rings. The van der Waals surface area contributed by atoms with Gasteiger partial charge in [-0.05, 0) is 42.5 Å². The zero-order valence-corrected chi connectivity index (χ0v) is 23.7. The molecule has 2 amide bonds. The molecule has 0 radical (unpaired) electrons. The molecule has 41 heavy (non-hydrogen) atoms. The zero-order valence-electron chi connectivity index (χ0n) is 23.7. The molecule has 0 bridgehead atoms. The van der Waals surface area contributed by atoms with Gasteiger partial charge in [-0.25, -0.2) is 14.8 Å². The molecule has 2 atom stereocenters. The van der Waals surface area contributed by atoms with Gasteiger partial charge in [0, 0.05) is 49.8 Å². The van der Waals surface area contributed by atoms with Gasteiger partial charge in [-0.1, -0.05) is 62.4 Å². The average Bonchev–Trinajstić information content (AvgIpc) is 3.42. The summed E-state index contributed by atoms with van der Waals surface area (Å²) in [4.78, 5) is 31.7. The van der Waals surface area contributed by atoms with Crippen molar-refractivity contribution >= 4 is 39.5 Å². The number of nitrogens with zero attached hydrogens (tertiary/aromatic N) is 6. The molecule has 1 fully saturated rings. The van der Waals surface area contributed by atoms with Crippen LogP contribution in [0.15, 0.2) is 85.3 Å². The Hall–Kier alpha value is -4.50. The zero-order chi connectivity index (χ0) is 28.3. The molecule has 1 saturated heterocycles. The lowest BCUT2D eigenvalue weighted by atomic mass is 10.0. The Kier molecular flexibility index (Phi) is 7.52. The second-order valence-electron chi connectivity index (χ2n) is 11.1. The minimum atomic E-state index is -0.0759. The van der Waals surface area contributed by atoms with Crippen LogP contribution in [0.25, 0.3) is 27.6 Å². The molecular weight excluding hydrogens is 512 g/mol. The largest absolute Gasteiger partial charge is 0.350 e. The Balaban J connectivity index is 1.20. The summed E-state index contributed by atoms with van der Waals surface area (Å²) >= 11 is 0. The molecule has 0 saturated carbocycles. The van der Waals surface area contributed by atoms with Gasteiger partial charge in [-0.15, -0.1) is 0 Å². The summed E-state index contributed by atoms with van der Waals surface area (Å²) in [6, 6.07) is 24.0. The summed E-state index contributed by atoms with van der Waals surface area (Å²) in [5, 5.41) is 8.86. The van der Waals surface area contributed by atoms with Crippen molar-refractivity contribution in [1.29, 1.82) is 0 Å². The molecule has 0 spiro atoms. The number of piperazine rings is 1. The number of urea groups is 1. The second-order valence-corrected chi connectivity index (χ2v) is 11.1. The van der Waals surface area contributed by atoms with Crippen LogP contribution >= 0.6 is 0 Å². The van der Waals surface area contributed by atoms with Crippen molar-refractivity contribution in [3.05, 3.63) is 85.3 Å². The van der Waals surface area contributed by atoms with Crippen LogP contribution in [0.4, 0.5) is 16.4 Å². The van der Waals surface area contributed by atoms with E-state index in [0.29, 0.717) is 25.0 Å². The van der Waals surface area contributed by atoms with Crippen molar-refractivity contribution in [3.63, 3.8) is 0 Å². The van der Waals surface area contributed by atoms with Gasteiger partial charge in [0.1, 0.15) is 12.1 Å². The SMILES string of the molecule is CC(C)CN1CCN(C(=O)Nc2cccc3ccccc23)C[C@@H]1[C@H](C)Nc1nccc(-n2cnc3ccccc32)n1. The van der Waals surface area contributed by atoms with E-state index in [2.05, 4.69) is 58.4 Å². The molecule has 2 N–H and O–H groups in total. The van der Waals surface area contributed by atoms with Gasteiger partial charge >= 0.3 is 6.03 Å². The van der Waals surface area contributed by atoms with Crippen molar-refractivity contribution in [2.45, 2.75) is 32.9 Å². The first kappa shape index (κ1) is 26.7. The number of rotatable bonds is 7. The third-order valence-electron chi connectivity index (χ3n) is 7.73. The highest BCUT2D eigenvalue weighted by Crippen LogP contribution is 2.25. The lowest BCUT2D eigenvalue weighted by molar-refractivity contribution is 0.0767. The van der Waals surface area contributed by atoms with Crippen LogP contribution in [0.1, 0.15) is 20.8 Å². The van der Waals surface area contributed by atoms with Crippen molar-refractivity contribution < 1.29 is 4.79 Å². The molecule has 1 aliphatic heterocycles. The molecule has 9 heteroatoms. The van der Waals surface area contributed by atoms with Gasteiger partial charge in [-0.2, -0.15) is 4.98 Å². The number of carbonyl (C=O) groups excluding carboxylic acids is 1. The lowest BCUT2D eigenvalue weighted by Gasteiger charge is -2.44. The number of anilines is 2. The maximum Gasteiger partial charge on any atom is 0.321 e. The summed E-state index contributed by atoms with van der Waals surface area (Å²) in [5.41, 5.74) is 2.74. The fourth-order valence-electron chi connectivity index (χ4n) is 5.73. The number of nitrogens with one attached hydrogen (secondary N) is 2. The van der Waals surface area contributed by atoms with Crippen molar-refractivity contribution in [3.8, 4) is 5.82 Å². The van der Waals surface area contributed by atoms with Crippen molar-refractivity contribution in [2.75, 3.05) is 36.8 Å². The molecule has 210 valence electrons. The second kappa shape index (κ2) is 11.5. The standard InChI is InChI=1S/C32H36N8O/c1-22(2)19-38-17-18-39(32(41)36-26-13-8-10-24-9-4-5-11-25(24)26)20-29(38)23(3)35-31-33-16-15-30(37-31)40-21-34-27-12-6-7-14-28(27)40/h4-16,21-23,29H,17-20H2,1-3H3,(H,36,41)(H,33,35,37)/t23-,29+/m0/s1. The van der Waals surface area contributed by atoms with Crippen LogP contribution in [-0.2, 0) is 0 Å². The van der Waals surface area contributed by atoms with Gasteiger partial charge in [0.2, 0.25) is 5.95 Å². The van der Waals surface area contributed by atoms with Crippen LogP contribution in [0.5, 0.6) is 0 Å². The van der Waals surface area contributed by atoms with E-state index in [1.165, 1.54) is 0 Å². The van der Waals surface area contributed by atoms with E-state index in [9.17, 15) is 4.79 Å². The number of aromatic nitrogens is 4. The Labute approximate surface area is 240 Å². The number of fused-ring (bicyclic) bond motifs is 2. The Morgan fingerprint density at radius 3 is 2.63 bits per heavy atom. The van der Waals surface area contributed by atoms with Gasteiger partial charge in [0.15, 0.2) is 0 Å². The fourth-order valence-corrected chi connectivity index (χ4v) is 5.73. The smallest absolute Gasteiger partial charge is 0.321 e.